The van der Waals surface area contributed by atoms with E-state index >= 15 is 0 Å². The smallest absolute Gasteiger partial charge is 0.412 e. The summed E-state index contributed by atoms with van der Waals surface area (Å²) in [6.45, 7) is 10.2. The molecular weight excluding hydrogens is 560 g/mol. The molecule has 0 saturated carbocycles. The topological polar surface area (TPSA) is 87.7 Å². The Morgan fingerprint density at radius 2 is 1.62 bits per heavy atom. The average Bonchev–Trinajstić information content (AvgIpc) is 3.37. The van der Waals surface area contributed by atoms with Gasteiger partial charge in [-0.25, -0.2) is 4.79 Å². The number of fused-ring (bicyclic) bond motifs is 1. The average molecular weight is 611 g/mol. The summed E-state index contributed by atoms with van der Waals surface area (Å²) in [4.78, 5) is 15.3. The molecule has 3 saturated heterocycles. The Kier molecular flexibility index (Phi) is 13.2. The molecule has 3 heterocycles. The minimum absolute atomic E-state index is 0.205. The van der Waals surface area contributed by atoms with Gasteiger partial charge in [-0.05, 0) is 44.5 Å². The van der Waals surface area contributed by atoms with Crippen LogP contribution in [0.3, 0.4) is 0 Å². The fourth-order valence-corrected chi connectivity index (χ4v) is 6.12. The third-order valence-corrected chi connectivity index (χ3v) is 8.35. The number of rotatable bonds is 17. The molecule has 3 fully saturated rings. The Morgan fingerprint density at radius 3 is 2.29 bits per heavy atom. The van der Waals surface area contributed by atoms with E-state index in [2.05, 4.69) is 17.1 Å². The van der Waals surface area contributed by atoms with E-state index in [0.717, 1.165) is 25.9 Å². The number of carbonyl (C=O) groups excluding carboxylic acids is 1. The number of ether oxygens (including phenoxy) is 6. The zero-order valence-corrected chi connectivity index (χ0v) is 26.5. The van der Waals surface area contributed by atoms with Crippen LogP contribution in [0.2, 0.25) is 5.02 Å². The second-order valence-electron chi connectivity index (χ2n) is 12.2. The monoisotopic (exact) mass is 610 g/mol. The molecule has 42 heavy (non-hydrogen) atoms. The lowest BCUT2D eigenvalue weighted by Gasteiger charge is -2.33. The minimum atomic E-state index is -1.16. The van der Waals surface area contributed by atoms with Crippen molar-refractivity contribution in [1.29, 1.82) is 0 Å². The number of hydrogen-bond donors (Lipinski definition) is 1. The number of amides is 1. The van der Waals surface area contributed by atoms with Gasteiger partial charge in [-0.1, -0.05) is 76.3 Å². The van der Waals surface area contributed by atoms with Crippen LogP contribution in [-0.4, -0.2) is 86.9 Å². The predicted octanol–water partition coefficient (Wildman–Crippen LogP) is 6.77. The van der Waals surface area contributed by atoms with Gasteiger partial charge in [-0.2, -0.15) is 0 Å². The van der Waals surface area contributed by atoms with E-state index in [1.54, 1.807) is 24.3 Å². The van der Waals surface area contributed by atoms with Gasteiger partial charge >= 0.3 is 6.09 Å². The molecule has 1 N–H and O–H groups in total. The predicted molar refractivity (Wildman–Crippen MR) is 163 cm³/mol. The molecule has 3 aliphatic heterocycles. The van der Waals surface area contributed by atoms with Gasteiger partial charge < -0.3 is 28.4 Å². The maximum atomic E-state index is 13.0. The van der Waals surface area contributed by atoms with Crippen LogP contribution >= 0.6 is 11.6 Å². The molecule has 4 atom stereocenters. The molecule has 0 radical (unpaired) electrons. The summed E-state index contributed by atoms with van der Waals surface area (Å²) in [5.41, 5.74) is 0.586. The lowest BCUT2D eigenvalue weighted by atomic mass is 10.0. The van der Waals surface area contributed by atoms with Crippen molar-refractivity contribution in [1.82, 2.24) is 4.90 Å². The van der Waals surface area contributed by atoms with Crippen LogP contribution < -0.4 is 5.32 Å². The first-order chi connectivity index (χ1) is 20.3. The van der Waals surface area contributed by atoms with Crippen LogP contribution in [-0.2, 0) is 28.4 Å². The van der Waals surface area contributed by atoms with E-state index < -0.39 is 36.0 Å². The molecule has 0 aliphatic carbocycles. The third-order valence-electron chi connectivity index (χ3n) is 8.10. The first kappa shape index (κ1) is 33.4. The molecule has 238 valence electrons. The van der Waals surface area contributed by atoms with Gasteiger partial charge in [0.15, 0.2) is 18.0 Å². The highest BCUT2D eigenvalue weighted by Crippen LogP contribution is 2.47. The summed E-state index contributed by atoms with van der Waals surface area (Å²) in [6.07, 6.45) is 10.3. The zero-order chi connectivity index (χ0) is 29.8. The second-order valence-corrected chi connectivity index (χ2v) is 12.6. The summed E-state index contributed by atoms with van der Waals surface area (Å²) >= 11 is 5.99. The summed E-state index contributed by atoms with van der Waals surface area (Å²) in [6, 6.07) is 6.88. The number of halogens is 1. The fraction of sp³-hybridized carbons (Fsp3) is 0.781. The van der Waals surface area contributed by atoms with Crippen LogP contribution in [0.5, 0.6) is 0 Å². The first-order valence-corrected chi connectivity index (χ1v) is 16.3. The fourth-order valence-electron chi connectivity index (χ4n) is 5.99. The molecule has 0 bridgehead atoms. The number of nitrogens with one attached hydrogen (secondary N) is 1. The molecule has 0 unspecified atom stereocenters. The quantitative estimate of drug-likeness (QED) is 0.193. The van der Waals surface area contributed by atoms with Gasteiger partial charge in [0.25, 0.3) is 0 Å². The van der Waals surface area contributed by atoms with Crippen molar-refractivity contribution in [3.63, 3.8) is 0 Å². The van der Waals surface area contributed by atoms with E-state index in [1.165, 1.54) is 51.4 Å². The molecule has 0 aromatic heterocycles. The molecule has 1 amide bonds. The van der Waals surface area contributed by atoms with Gasteiger partial charge in [0.1, 0.15) is 12.7 Å². The van der Waals surface area contributed by atoms with Gasteiger partial charge in [-0.3, -0.25) is 10.2 Å². The molecule has 3 aliphatic rings. The maximum Gasteiger partial charge on any atom is 0.412 e. The summed E-state index contributed by atoms with van der Waals surface area (Å²) in [7, 11) is 0. The van der Waals surface area contributed by atoms with Crippen molar-refractivity contribution < 1.29 is 33.2 Å². The van der Waals surface area contributed by atoms with Crippen molar-refractivity contribution in [2.24, 2.45) is 0 Å². The van der Waals surface area contributed by atoms with Crippen LogP contribution in [0.4, 0.5) is 10.5 Å². The Hall–Kier alpha value is -1.46. The number of unbranched alkanes of at least 4 members (excludes halogenated alkanes) is 9. The molecule has 0 spiro atoms. The van der Waals surface area contributed by atoms with E-state index in [4.69, 9.17) is 40.0 Å². The molecular formula is C32H51ClN2O7. The van der Waals surface area contributed by atoms with Crippen LogP contribution in [0, 0.1) is 0 Å². The highest BCUT2D eigenvalue weighted by atomic mass is 35.5. The van der Waals surface area contributed by atoms with Crippen molar-refractivity contribution in [3.05, 3.63) is 29.3 Å². The van der Waals surface area contributed by atoms with Gasteiger partial charge in [0, 0.05) is 37.0 Å². The zero-order valence-electron chi connectivity index (χ0n) is 25.7. The lowest BCUT2D eigenvalue weighted by molar-refractivity contribution is -0.279. The lowest BCUT2D eigenvalue weighted by Crippen LogP contribution is -2.47. The SMILES string of the molecule is CCCCCCCCCCCCOC[C@@]12O[C@@H](CN3CCOCC3)[C@@H](OC(=O)Nc3ccc(Cl)cc3)[C@@H]1OC(C)(C)O2. The molecule has 1 aromatic rings. The Labute approximate surface area is 256 Å². The van der Waals surface area contributed by atoms with E-state index in [1.807, 2.05) is 13.8 Å². The largest absolute Gasteiger partial charge is 0.440 e. The van der Waals surface area contributed by atoms with Gasteiger partial charge in [0.2, 0.25) is 5.79 Å². The first-order valence-electron chi connectivity index (χ1n) is 16.0. The number of carbonyl (C=O) groups is 1. The molecule has 4 rings (SSSR count). The maximum absolute atomic E-state index is 13.0. The summed E-state index contributed by atoms with van der Waals surface area (Å²) in [5.74, 6) is -2.08. The van der Waals surface area contributed by atoms with E-state index in [0.29, 0.717) is 37.1 Å². The van der Waals surface area contributed by atoms with Crippen molar-refractivity contribution in [3.8, 4) is 0 Å². The van der Waals surface area contributed by atoms with E-state index in [9.17, 15) is 4.79 Å². The van der Waals surface area contributed by atoms with Gasteiger partial charge in [-0.15, -0.1) is 0 Å². The molecule has 1 aromatic carbocycles. The van der Waals surface area contributed by atoms with Crippen LogP contribution in [0.15, 0.2) is 24.3 Å². The summed E-state index contributed by atoms with van der Waals surface area (Å²) < 4.78 is 37.0. The summed E-state index contributed by atoms with van der Waals surface area (Å²) in [5, 5.41) is 3.38. The molecule has 10 heteroatoms. The second kappa shape index (κ2) is 16.6. The van der Waals surface area contributed by atoms with Crippen molar-refractivity contribution >= 4 is 23.4 Å². The highest BCUT2D eigenvalue weighted by Gasteiger charge is 2.66. The van der Waals surface area contributed by atoms with Gasteiger partial charge in [0.05, 0.1) is 13.2 Å². The normalized spacial score (nSPS) is 27.2. The van der Waals surface area contributed by atoms with Crippen LogP contribution in [0.25, 0.3) is 0 Å². The van der Waals surface area contributed by atoms with Crippen LogP contribution in [0.1, 0.15) is 85.0 Å². The minimum Gasteiger partial charge on any atom is -0.440 e. The van der Waals surface area contributed by atoms with Crippen molar-refractivity contribution in [2.45, 2.75) is 115 Å². The Bertz CT molecular complexity index is 943. The third kappa shape index (κ3) is 10.0. The number of benzene rings is 1. The number of anilines is 1. The van der Waals surface area contributed by atoms with Crippen molar-refractivity contribution in [2.75, 3.05) is 51.4 Å². The standard InChI is InChI=1S/C32H51ClN2O7/c1-4-5-6-7-8-9-10-11-12-13-20-38-24-32-29(41-31(2,3)42-32)28(27(40-32)23-35-18-21-37-22-19-35)39-30(36)34-26-16-14-25(33)15-17-26/h14-17,27-29H,4-13,18-24H2,1-3H3,(H,34,36)/t27-,28+,29-,32-/m0/s1. The number of nitrogens with zero attached hydrogens (tertiary/aromatic N) is 1. The van der Waals surface area contributed by atoms with E-state index in [-0.39, 0.29) is 6.61 Å². The highest BCUT2D eigenvalue weighted by molar-refractivity contribution is 6.30. The number of hydrogen-bond acceptors (Lipinski definition) is 8. The Balaban J connectivity index is 1.32. The Morgan fingerprint density at radius 1 is 0.976 bits per heavy atom. The molecule has 9 nitrogen and oxygen atoms in total. The number of morpholine rings is 1.